The van der Waals surface area contributed by atoms with E-state index in [4.69, 9.17) is 16.3 Å². The Morgan fingerprint density at radius 1 is 1.21 bits per heavy atom. The number of hydrogen-bond acceptors (Lipinski definition) is 5. The van der Waals surface area contributed by atoms with Crippen LogP contribution in [0.1, 0.15) is 25.8 Å². The topological polar surface area (TPSA) is 62.1 Å². The molecule has 1 heterocycles. The Bertz CT molecular complexity index is 926. The Balaban J connectivity index is 1.89. The van der Waals surface area contributed by atoms with E-state index in [0.29, 0.717) is 23.2 Å². The second-order valence-corrected chi connectivity index (χ2v) is 7.52. The third-order valence-electron chi connectivity index (χ3n) is 3.98. The van der Waals surface area contributed by atoms with Gasteiger partial charge in [-0.15, -0.1) is 0 Å². The Morgan fingerprint density at radius 3 is 2.61 bits per heavy atom. The number of carbonyl (C=O) groups is 1. The van der Waals surface area contributed by atoms with Gasteiger partial charge in [0.1, 0.15) is 11.5 Å². The first-order valence-corrected chi connectivity index (χ1v) is 10.2. The number of aromatic hydroxyl groups is 1. The number of thioether (sulfide) groups is 1. The monoisotopic (exact) mass is 416 g/mol. The molecule has 1 saturated heterocycles. The molecule has 146 valence electrons. The summed E-state index contributed by atoms with van der Waals surface area (Å²) >= 11 is 7.30. The van der Waals surface area contributed by atoms with Gasteiger partial charge in [0, 0.05) is 6.54 Å². The molecule has 28 heavy (non-hydrogen) atoms. The second kappa shape index (κ2) is 9.17. The van der Waals surface area contributed by atoms with E-state index in [9.17, 15) is 9.90 Å². The van der Waals surface area contributed by atoms with Crippen LogP contribution in [-0.2, 0) is 4.79 Å². The average Bonchev–Trinajstić information content (AvgIpc) is 2.96. The number of benzene rings is 2. The molecule has 1 aliphatic rings. The molecule has 0 atom stereocenters. The van der Waals surface area contributed by atoms with Crippen molar-refractivity contribution in [3.63, 3.8) is 0 Å². The van der Waals surface area contributed by atoms with Crippen molar-refractivity contribution in [2.24, 2.45) is 4.99 Å². The van der Waals surface area contributed by atoms with E-state index in [1.165, 1.54) is 17.8 Å². The molecule has 2 aromatic carbocycles. The SMILES string of the molecule is CCCN1C(=O)/C(=C\c2ccc(O)c(Cl)c2)SC1=Nc1ccc(OCC)cc1. The normalized spacial score (nSPS) is 17.0. The number of nitrogens with zero attached hydrogens (tertiary/aromatic N) is 2. The van der Waals surface area contributed by atoms with Crippen molar-refractivity contribution in [2.75, 3.05) is 13.2 Å². The highest BCUT2D eigenvalue weighted by Gasteiger charge is 2.32. The molecule has 7 heteroatoms. The van der Waals surface area contributed by atoms with Gasteiger partial charge in [-0.25, -0.2) is 4.99 Å². The van der Waals surface area contributed by atoms with Crippen molar-refractivity contribution in [1.29, 1.82) is 0 Å². The van der Waals surface area contributed by atoms with Gasteiger partial charge in [-0.3, -0.25) is 9.69 Å². The van der Waals surface area contributed by atoms with Crippen molar-refractivity contribution < 1.29 is 14.6 Å². The van der Waals surface area contributed by atoms with E-state index < -0.39 is 0 Å². The quantitative estimate of drug-likeness (QED) is 0.635. The molecule has 3 rings (SSSR count). The van der Waals surface area contributed by atoms with Crippen LogP contribution in [0.3, 0.4) is 0 Å². The lowest BCUT2D eigenvalue weighted by atomic mass is 10.2. The van der Waals surface area contributed by atoms with Crippen molar-refractivity contribution in [1.82, 2.24) is 4.90 Å². The second-order valence-electron chi connectivity index (χ2n) is 6.10. The first kappa shape index (κ1) is 20.3. The van der Waals surface area contributed by atoms with Crippen molar-refractivity contribution in [3.8, 4) is 11.5 Å². The van der Waals surface area contributed by atoms with Gasteiger partial charge in [0.2, 0.25) is 0 Å². The highest BCUT2D eigenvalue weighted by molar-refractivity contribution is 8.18. The smallest absolute Gasteiger partial charge is 0.266 e. The summed E-state index contributed by atoms with van der Waals surface area (Å²) in [7, 11) is 0. The molecule has 0 aliphatic carbocycles. The van der Waals surface area contributed by atoms with Crippen molar-refractivity contribution in [2.45, 2.75) is 20.3 Å². The van der Waals surface area contributed by atoms with Crippen LogP contribution in [0.25, 0.3) is 6.08 Å². The van der Waals surface area contributed by atoms with Gasteiger partial charge in [-0.1, -0.05) is 24.6 Å². The predicted octanol–water partition coefficient (Wildman–Crippen LogP) is 5.46. The number of carbonyl (C=O) groups excluding carboxylic acids is 1. The van der Waals surface area contributed by atoms with Gasteiger partial charge in [0.15, 0.2) is 5.17 Å². The van der Waals surface area contributed by atoms with Gasteiger partial charge >= 0.3 is 0 Å². The number of rotatable bonds is 6. The van der Waals surface area contributed by atoms with Crippen molar-refractivity contribution in [3.05, 3.63) is 58.0 Å². The number of amidine groups is 1. The molecule has 1 N–H and O–H groups in total. The van der Waals surface area contributed by atoms with Crippen molar-refractivity contribution >= 4 is 46.2 Å². The number of aliphatic imine (C=N–C) groups is 1. The third kappa shape index (κ3) is 4.69. The Morgan fingerprint density at radius 2 is 1.96 bits per heavy atom. The first-order valence-electron chi connectivity index (χ1n) is 9.03. The molecule has 0 aromatic heterocycles. The summed E-state index contributed by atoms with van der Waals surface area (Å²) in [5, 5.41) is 10.5. The van der Waals surface area contributed by atoms with Crippen LogP contribution in [0, 0.1) is 0 Å². The summed E-state index contributed by atoms with van der Waals surface area (Å²) in [6, 6.07) is 12.3. The zero-order valence-corrected chi connectivity index (χ0v) is 17.3. The van der Waals surface area contributed by atoms with Gasteiger partial charge in [-0.05, 0) is 73.1 Å². The highest BCUT2D eigenvalue weighted by Crippen LogP contribution is 2.35. The number of amides is 1. The molecular formula is C21H21ClN2O3S. The summed E-state index contributed by atoms with van der Waals surface area (Å²) in [5.74, 6) is 0.720. The van der Waals surface area contributed by atoms with E-state index in [1.807, 2.05) is 38.1 Å². The zero-order chi connectivity index (χ0) is 20.1. The standard InChI is InChI=1S/C21H21ClN2O3S/c1-3-11-24-20(26)19(13-14-5-10-18(25)17(22)12-14)28-21(24)23-15-6-8-16(9-7-15)27-4-2/h5-10,12-13,25H,3-4,11H2,1-2H3/b19-13+,23-21?. The summed E-state index contributed by atoms with van der Waals surface area (Å²) in [6.45, 7) is 5.16. The lowest BCUT2D eigenvalue weighted by molar-refractivity contribution is -0.122. The fraction of sp³-hybridized carbons (Fsp3) is 0.238. The fourth-order valence-electron chi connectivity index (χ4n) is 2.67. The number of ether oxygens (including phenoxy) is 1. The lowest BCUT2D eigenvalue weighted by Gasteiger charge is -2.14. The molecule has 0 bridgehead atoms. The molecular weight excluding hydrogens is 396 g/mol. The first-order chi connectivity index (χ1) is 13.5. The molecule has 2 aromatic rings. The maximum absolute atomic E-state index is 12.8. The third-order valence-corrected chi connectivity index (χ3v) is 5.29. The predicted molar refractivity (Wildman–Crippen MR) is 115 cm³/mol. The molecule has 0 spiro atoms. The lowest BCUT2D eigenvalue weighted by Crippen LogP contribution is -2.29. The van der Waals surface area contributed by atoms with E-state index in [2.05, 4.69) is 4.99 Å². The molecule has 1 fully saturated rings. The summed E-state index contributed by atoms with van der Waals surface area (Å²) < 4.78 is 5.45. The van der Waals surface area contributed by atoms with Gasteiger partial charge < -0.3 is 9.84 Å². The number of phenolic OH excluding ortho intramolecular Hbond substituents is 1. The van der Waals surface area contributed by atoms with Gasteiger partial charge in [0.25, 0.3) is 5.91 Å². The van der Waals surface area contributed by atoms with Gasteiger partial charge in [0.05, 0.1) is 22.2 Å². The maximum Gasteiger partial charge on any atom is 0.266 e. The van der Waals surface area contributed by atoms with Crippen LogP contribution in [-0.4, -0.2) is 34.2 Å². The number of hydrogen-bond donors (Lipinski definition) is 1. The number of phenols is 1. The Hall–Kier alpha value is -2.44. The summed E-state index contributed by atoms with van der Waals surface area (Å²) in [6.07, 6.45) is 2.59. The molecule has 5 nitrogen and oxygen atoms in total. The Kier molecular flexibility index (Phi) is 6.65. The summed E-state index contributed by atoms with van der Waals surface area (Å²) in [5.41, 5.74) is 1.51. The molecule has 0 radical (unpaired) electrons. The van der Waals surface area contributed by atoms with E-state index in [0.717, 1.165) is 23.4 Å². The average molecular weight is 417 g/mol. The molecule has 0 saturated carbocycles. The molecule has 1 amide bonds. The minimum absolute atomic E-state index is 0.0135. The fourth-order valence-corrected chi connectivity index (χ4v) is 3.88. The van der Waals surface area contributed by atoms with Crippen LogP contribution >= 0.6 is 23.4 Å². The zero-order valence-electron chi connectivity index (χ0n) is 15.7. The Labute approximate surface area is 173 Å². The van der Waals surface area contributed by atoms with Crippen LogP contribution in [0.5, 0.6) is 11.5 Å². The van der Waals surface area contributed by atoms with E-state index in [1.54, 1.807) is 23.1 Å². The number of halogens is 1. The van der Waals surface area contributed by atoms with Crippen LogP contribution in [0.15, 0.2) is 52.4 Å². The van der Waals surface area contributed by atoms with E-state index >= 15 is 0 Å². The van der Waals surface area contributed by atoms with Gasteiger partial charge in [-0.2, -0.15) is 0 Å². The maximum atomic E-state index is 12.8. The molecule has 1 aliphatic heterocycles. The van der Waals surface area contributed by atoms with Crippen LogP contribution < -0.4 is 4.74 Å². The van der Waals surface area contributed by atoms with E-state index in [-0.39, 0.29) is 16.7 Å². The molecule has 0 unspecified atom stereocenters. The summed E-state index contributed by atoms with van der Waals surface area (Å²) in [4.78, 5) is 19.8. The minimum atomic E-state index is -0.0827. The van der Waals surface area contributed by atoms with Crippen LogP contribution in [0.2, 0.25) is 5.02 Å². The highest BCUT2D eigenvalue weighted by atomic mass is 35.5. The largest absolute Gasteiger partial charge is 0.506 e. The minimum Gasteiger partial charge on any atom is -0.506 e. The van der Waals surface area contributed by atoms with Crippen LogP contribution in [0.4, 0.5) is 5.69 Å².